The van der Waals surface area contributed by atoms with E-state index in [9.17, 15) is 9.65 Å². The summed E-state index contributed by atoms with van der Waals surface area (Å²) in [6.45, 7) is 0.0490. The molecule has 0 N–H and O–H groups in total. The van der Waals surface area contributed by atoms with Gasteiger partial charge in [-0.3, -0.25) is 0 Å². The molecule has 6 heteroatoms. The van der Waals surface area contributed by atoms with E-state index in [2.05, 4.69) is 6.07 Å². The molecule has 0 heterocycles. The maximum absolute atomic E-state index is 13.9. The quantitative estimate of drug-likeness (QED) is 0.338. The molecule has 3 aromatic rings. The molecule has 0 saturated carbocycles. The number of allylic oxidation sites excluding steroid dienone is 1. The number of rotatable bonds is 7. The van der Waals surface area contributed by atoms with Gasteiger partial charge in [0.25, 0.3) is 0 Å². The lowest BCUT2D eigenvalue weighted by Gasteiger charge is -2.12. The number of nitriles is 1. The van der Waals surface area contributed by atoms with Gasteiger partial charge < -0.3 is 14.2 Å². The van der Waals surface area contributed by atoms with Gasteiger partial charge in [0, 0.05) is 16.1 Å². The lowest BCUT2D eigenvalue weighted by molar-refractivity contribution is 0.299. The van der Waals surface area contributed by atoms with Crippen molar-refractivity contribution >= 4 is 23.3 Å². The highest BCUT2D eigenvalue weighted by Gasteiger charge is 2.11. The van der Waals surface area contributed by atoms with Crippen LogP contribution in [0.25, 0.3) is 11.6 Å². The number of hydrogen-bond acceptors (Lipinski definition) is 4. The summed E-state index contributed by atoms with van der Waals surface area (Å²) in [5.41, 5.74) is 2.07. The fraction of sp³-hybridized carbons (Fsp3) is 0.125. The molecule has 0 aliphatic carbocycles. The van der Waals surface area contributed by atoms with E-state index in [1.54, 1.807) is 67.8 Å². The van der Waals surface area contributed by atoms with Gasteiger partial charge in [-0.2, -0.15) is 5.26 Å². The third-order valence-corrected chi connectivity index (χ3v) is 4.66. The molecule has 0 spiro atoms. The fourth-order valence-corrected chi connectivity index (χ4v) is 3.05. The number of nitrogens with zero attached hydrogens (tertiary/aromatic N) is 1. The van der Waals surface area contributed by atoms with Gasteiger partial charge in [0.05, 0.1) is 25.9 Å². The highest BCUT2D eigenvalue weighted by atomic mass is 35.5. The van der Waals surface area contributed by atoms with Crippen LogP contribution in [-0.4, -0.2) is 14.2 Å². The normalized spacial score (nSPS) is 11.0. The number of ether oxygens (including phenoxy) is 3. The molecule has 0 atom stereocenters. The number of halogens is 2. The largest absolute Gasteiger partial charge is 0.493 e. The highest BCUT2D eigenvalue weighted by Crippen LogP contribution is 2.33. The van der Waals surface area contributed by atoms with Gasteiger partial charge in [0.2, 0.25) is 0 Å². The Labute approximate surface area is 179 Å². The summed E-state index contributed by atoms with van der Waals surface area (Å²) in [6, 6.07) is 18.9. The molecule has 0 fully saturated rings. The van der Waals surface area contributed by atoms with E-state index in [-0.39, 0.29) is 12.4 Å². The first-order valence-corrected chi connectivity index (χ1v) is 9.43. The van der Waals surface area contributed by atoms with Crippen LogP contribution < -0.4 is 14.2 Å². The second kappa shape index (κ2) is 9.82. The Kier molecular flexibility index (Phi) is 6.95. The topological polar surface area (TPSA) is 51.5 Å². The van der Waals surface area contributed by atoms with Gasteiger partial charge in [0.1, 0.15) is 18.2 Å². The van der Waals surface area contributed by atoms with Crippen LogP contribution >= 0.6 is 11.6 Å². The first kappa shape index (κ1) is 21.2. The summed E-state index contributed by atoms with van der Waals surface area (Å²) < 4.78 is 30.3. The number of benzene rings is 3. The van der Waals surface area contributed by atoms with Crippen molar-refractivity contribution in [3.05, 3.63) is 88.2 Å². The summed E-state index contributed by atoms with van der Waals surface area (Å²) in [6.07, 6.45) is 1.67. The number of methoxy groups -OCH3 is 2. The molecule has 30 heavy (non-hydrogen) atoms. The molecule has 0 aliphatic rings. The van der Waals surface area contributed by atoms with Crippen LogP contribution in [0.15, 0.2) is 60.7 Å². The molecule has 0 unspecified atom stereocenters. The summed E-state index contributed by atoms with van der Waals surface area (Å²) in [5, 5.41) is 10.2. The SMILES string of the molecule is COc1ccc(/C(C#N)=C/c2cc(Cl)ccc2OCc2ccccc2F)cc1OC. The standard InChI is InChI=1S/C24H19ClFNO3/c1-28-23-9-7-16(13-24(23)29-2)19(14-27)11-18-12-20(25)8-10-22(18)30-15-17-5-3-4-6-21(17)26/h3-13H,15H2,1-2H3/b19-11+. The van der Waals surface area contributed by atoms with Crippen molar-refractivity contribution in [2.45, 2.75) is 6.61 Å². The van der Waals surface area contributed by atoms with E-state index in [4.69, 9.17) is 25.8 Å². The third-order valence-electron chi connectivity index (χ3n) is 4.43. The lowest BCUT2D eigenvalue weighted by atomic mass is 10.0. The van der Waals surface area contributed by atoms with Crippen LogP contribution in [0.3, 0.4) is 0 Å². The molecule has 0 aliphatic heterocycles. The Morgan fingerprint density at radius 2 is 1.73 bits per heavy atom. The van der Waals surface area contributed by atoms with Crippen molar-refractivity contribution in [3.8, 4) is 23.3 Å². The maximum atomic E-state index is 13.9. The van der Waals surface area contributed by atoms with Crippen molar-refractivity contribution in [1.29, 1.82) is 5.26 Å². The minimum atomic E-state index is -0.341. The molecule has 0 bridgehead atoms. The summed E-state index contributed by atoms with van der Waals surface area (Å²) in [5.74, 6) is 1.22. The van der Waals surface area contributed by atoms with Gasteiger partial charge >= 0.3 is 0 Å². The van der Waals surface area contributed by atoms with Crippen LogP contribution in [0, 0.1) is 17.1 Å². The summed E-state index contributed by atoms with van der Waals surface area (Å²) in [7, 11) is 3.08. The van der Waals surface area contributed by atoms with E-state index in [0.29, 0.717) is 44.5 Å². The van der Waals surface area contributed by atoms with E-state index in [1.807, 2.05) is 0 Å². The molecule has 3 aromatic carbocycles. The van der Waals surface area contributed by atoms with Crippen molar-refractivity contribution in [3.63, 3.8) is 0 Å². The predicted octanol–water partition coefficient (Wildman–Crippen LogP) is 6.14. The Bertz CT molecular complexity index is 1120. The maximum Gasteiger partial charge on any atom is 0.161 e. The zero-order chi connectivity index (χ0) is 21.5. The zero-order valence-electron chi connectivity index (χ0n) is 16.5. The van der Waals surface area contributed by atoms with E-state index in [0.717, 1.165) is 0 Å². The summed E-state index contributed by atoms with van der Waals surface area (Å²) >= 11 is 6.15. The second-order valence-electron chi connectivity index (χ2n) is 6.30. The second-order valence-corrected chi connectivity index (χ2v) is 6.74. The molecule has 0 amide bonds. The minimum absolute atomic E-state index is 0.0490. The molecule has 0 aromatic heterocycles. The smallest absolute Gasteiger partial charge is 0.161 e. The van der Waals surface area contributed by atoms with Crippen LogP contribution in [0.4, 0.5) is 4.39 Å². The highest BCUT2D eigenvalue weighted by molar-refractivity contribution is 6.30. The average Bonchev–Trinajstić information content (AvgIpc) is 2.77. The fourth-order valence-electron chi connectivity index (χ4n) is 2.87. The van der Waals surface area contributed by atoms with Crippen molar-refractivity contribution in [2.24, 2.45) is 0 Å². The van der Waals surface area contributed by atoms with Gasteiger partial charge in [-0.05, 0) is 54.1 Å². The van der Waals surface area contributed by atoms with Crippen molar-refractivity contribution in [1.82, 2.24) is 0 Å². The van der Waals surface area contributed by atoms with Crippen molar-refractivity contribution < 1.29 is 18.6 Å². The monoisotopic (exact) mass is 423 g/mol. The molecular weight excluding hydrogens is 405 g/mol. The molecule has 0 saturated heterocycles. The Hall–Kier alpha value is -3.49. The predicted molar refractivity (Wildman–Crippen MR) is 115 cm³/mol. The van der Waals surface area contributed by atoms with Crippen molar-refractivity contribution in [2.75, 3.05) is 14.2 Å². The Balaban J connectivity index is 1.96. The van der Waals surface area contributed by atoms with Gasteiger partial charge in [-0.1, -0.05) is 29.8 Å². The zero-order valence-corrected chi connectivity index (χ0v) is 17.2. The Morgan fingerprint density at radius 1 is 1.00 bits per heavy atom. The number of hydrogen-bond donors (Lipinski definition) is 0. The van der Waals surface area contributed by atoms with Crippen LogP contribution in [0.2, 0.25) is 5.02 Å². The van der Waals surface area contributed by atoms with Crippen LogP contribution in [-0.2, 0) is 6.61 Å². The van der Waals surface area contributed by atoms with Crippen LogP contribution in [0.5, 0.6) is 17.2 Å². The first-order chi connectivity index (χ1) is 14.5. The first-order valence-electron chi connectivity index (χ1n) is 9.05. The summed E-state index contributed by atoms with van der Waals surface area (Å²) in [4.78, 5) is 0. The van der Waals surface area contributed by atoms with E-state index < -0.39 is 0 Å². The van der Waals surface area contributed by atoms with Gasteiger partial charge in [-0.15, -0.1) is 0 Å². The molecule has 0 radical (unpaired) electrons. The molecule has 4 nitrogen and oxygen atoms in total. The van der Waals surface area contributed by atoms with E-state index >= 15 is 0 Å². The molecule has 3 rings (SSSR count). The van der Waals surface area contributed by atoms with E-state index in [1.165, 1.54) is 13.2 Å². The third kappa shape index (κ3) is 4.91. The average molecular weight is 424 g/mol. The molecular formula is C24H19ClFNO3. The Morgan fingerprint density at radius 3 is 2.43 bits per heavy atom. The van der Waals surface area contributed by atoms with Crippen LogP contribution in [0.1, 0.15) is 16.7 Å². The lowest BCUT2D eigenvalue weighted by Crippen LogP contribution is -1.99. The molecule has 152 valence electrons. The van der Waals surface area contributed by atoms with Gasteiger partial charge in [0.15, 0.2) is 11.5 Å². The van der Waals surface area contributed by atoms with Gasteiger partial charge in [-0.25, -0.2) is 4.39 Å². The minimum Gasteiger partial charge on any atom is -0.493 e.